The Labute approximate surface area is 158 Å². The quantitative estimate of drug-likeness (QED) is 0.556. The van der Waals surface area contributed by atoms with Crippen LogP contribution in [0.4, 0.5) is 0 Å². The Bertz CT molecular complexity index is 1160. The van der Waals surface area contributed by atoms with Gasteiger partial charge in [-0.05, 0) is 29.8 Å². The fourth-order valence-electron chi connectivity index (χ4n) is 2.82. The van der Waals surface area contributed by atoms with E-state index in [1.165, 1.54) is 10.7 Å². The van der Waals surface area contributed by atoms with Gasteiger partial charge in [-0.3, -0.25) is 14.7 Å². The van der Waals surface area contributed by atoms with E-state index in [1.54, 1.807) is 18.0 Å². The number of hydrogen-bond acceptors (Lipinski definition) is 4. The van der Waals surface area contributed by atoms with Crippen LogP contribution in [0.3, 0.4) is 0 Å². The lowest BCUT2D eigenvalue weighted by Crippen LogP contribution is -2.21. The van der Waals surface area contributed by atoms with E-state index >= 15 is 0 Å². The first-order valence-electron chi connectivity index (χ1n) is 8.25. The third kappa shape index (κ3) is 3.50. The van der Waals surface area contributed by atoms with Crippen molar-refractivity contribution in [1.29, 1.82) is 0 Å². The number of H-pyrrole nitrogens is 1. The van der Waals surface area contributed by atoms with Crippen molar-refractivity contribution in [2.45, 2.75) is 16.2 Å². The van der Waals surface area contributed by atoms with Crippen molar-refractivity contribution in [2.24, 2.45) is 0 Å². The molecule has 0 saturated carbocycles. The largest absolute Gasteiger partial charge is 0.481 e. The molecule has 0 spiro atoms. The molecule has 2 heterocycles. The Balaban J connectivity index is 1.65. The highest BCUT2D eigenvalue weighted by molar-refractivity contribution is 7.99. The maximum atomic E-state index is 12.4. The zero-order chi connectivity index (χ0) is 18.8. The monoisotopic (exact) mass is 377 g/mol. The van der Waals surface area contributed by atoms with Crippen LogP contribution < -0.4 is 5.56 Å². The van der Waals surface area contributed by atoms with Gasteiger partial charge in [-0.1, -0.05) is 42.1 Å². The van der Waals surface area contributed by atoms with Gasteiger partial charge >= 0.3 is 5.97 Å². The van der Waals surface area contributed by atoms with E-state index in [1.807, 2.05) is 42.5 Å². The van der Waals surface area contributed by atoms with E-state index in [-0.39, 0.29) is 12.0 Å². The average Bonchev–Trinajstić information content (AvgIpc) is 3.10. The van der Waals surface area contributed by atoms with E-state index in [2.05, 4.69) is 22.2 Å². The third-order valence-corrected chi connectivity index (χ3v) is 5.11. The summed E-state index contributed by atoms with van der Waals surface area (Å²) in [4.78, 5) is 29.8. The van der Waals surface area contributed by atoms with Gasteiger partial charge in [0.15, 0.2) is 5.65 Å². The van der Waals surface area contributed by atoms with Gasteiger partial charge in [-0.25, -0.2) is 9.50 Å². The summed E-state index contributed by atoms with van der Waals surface area (Å²) in [7, 11) is 0. The van der Waals surface area contributed by atoms with Gasteiger partial charge in [0.1, 0.15) is 0 Å². The van der Waals surface area contributed by atoms with Crippen LogP contribution in [0.2, 0.25) is 0 Å². The van der Waals surface area contributed by atoms with E-state index < -0.39 is 11.5 Å². The lowest BCUT2D eigenvalue weighted by atomic mass is 10.1. The van der Waals surface area contributed by atoms with Crippen LogP contribution >= 0.6 is 11.8 Å². The van der Waals surface area contributed by atoms with Crippen molar-refractivity contribution >= 4 is 23.4 Å². The Hall–Kier alpha value is -3.32. The highest BCUT2D eigenvalue weighted by Gasteiger charge is 2.13. The fraction of sp³-hybridized carbons (Fsp3) is 0.0500. The zero-order valence-electron chi connectivity index (χ0n) is 14.1. The van der Waals surface area contributed by atoms with E-state index in [0.717, 1.165) is 20.9 Å². The predicted octanol–water partition coefficient (Wildman–Crippen LogP) is 3.47. The van der Waals surface area contributed by atoms with Crippen LogP contribution in [0, 0.1) is 0 Å². The highest BCUT2D eigenvalue weighted by atomic mass is 32.2. The number of nitrogens with one attached hydrogen (secondary N) is 1. The molecule has 0 aliphatic rings. The number of rotatable bonds is 5. The van der Waals surface area contributed by atoms with E-state index in [0.29, 0.717) is 5.65 Å². The molecular weight excluding hydrogens is 362 g/mol. The molecule has 0 atom stereocenters. The van der Waals surface area contributed by atoms with Crippen molar-refractivity contribution in [3.8, 4) is 11.1 Å². The molecule has 6 nitrogen and oxygen atoms in total. The maximum Gasteiger partial charge on any atom is 0.308 e. The molecular formula is C20H15N3O3S. The Morgan fingerprint density at radius 3 is 2.48 bits per heavy atom. The van der Waals surface area contributed by atoms with Crippen LogP contribution in [0.5, 0.6) is 0 Å². The summed E-state index contributed by atoms with van der Waals surface area (Å²) >= 11 is 1.67. The maximum absolute atomic E-state index is 12.4. The second-order valence-electron chi connectivity index (χ2n) is 5.94. The van der Waals surface area contributed by atoms with Gasteiger partial charge in [0, 0.05) is 33.3 Å². The topological polar surface area (TPSA) is 87.5 Å². The number of nitrogens with zero attached hydrogens (tertiary/aromatic N) is 2. The molecule has 7 heteroatoms. The Morgan fingerprint density at radius 1 is 1.07 bits per heavy atom. The molecule has 0 unspecified atom stereocenters. The molecule has 4 rings (SSSR count). The van der Waals surface area contributed by atoms with Crippen molar-refractivity contribution in [1.82, 2.24) is 14.6 Å². The van der Waals surface area contributed by atoms with Crippen molar-refractivity contribution in [3.63, 3.8) is 0 Å². The number of benzene rings is 2. The van der Waals surface area contributed by atoms with Crippen molar-refractivity contribution in [2.75, 3.05) is 0 Å². The summed E-state index contributed by atoms with van der Waals surface area (Å²) in [6.45, 7) is 0. The summed E-state index contributed by atoms with van der Waals surface area (Å²) in [5.74, 6) is -1.06. The van der Waals surface area contributed by atoms with Crippen LogP contribution in [-0.2, 0) is 11.2 Å². The van der Waals surface area contributed by atoms with Crippen LogP contribution in [0.15, 0.2) is 81.6 Å². The molecule has 2 aromatic carbocycles. The molecule has 2 N–H and O–H groups in total. The normalized spacial score (nSPS) is 11.0. The van der Waals surface area contributed by atoms with Gasteiger partial charge in [-0.2, -0.15) is 0 Å². The number of carboxylic acids is 1. The number of carbonyl (C=O) groups is 1. The molecule has 27 heavy (non-hydrogen) atoms. The number of hydrogen-bond donors (Lipinski definition) is 2. The number of aliphatic carboxylic acids is 1. The molecule has 0 bridgehead atoms. The van der Waals surface area contributed by atoms with E-state index in [9.17, 15) is 9.59 Å². The molecule has 0 fully saturated rings. The summed E-state index contributed by atoms with van der Waals surface area (Å²) in [5.41, 5.74) is 1.92. The Kier molecular flexibility index (Phi) is 4.52. The molecule has 0 radical (unpaired) electrons. The van der Waals surface area contributed by atoms with Gasteiger partial charge in [0.2, 0.25) is 0 Å². The minimum Gasteiger partial charge on any atom is -0.481 e. The first-order chi connectivity index (χ1) is 13.1. The summed E-state index contributed by atoms with van der Waals surface area (Å²) < 4.78 is 1.28. The number of aromatic nitrogens is 3. The number of fused-ring (bicyclic) bond motifs is 1. The first kappa shape index (κ1) is 17.1. The number of aromatic amines is 1. The highest BCUT2D eigenvalue weighted by Crippen LogP contribution is 2.30. The van der Waals surface area contributed by atoms with E-state index in [4.69, 9.17) is 5.11 Å². The Morgan fingerprint density at radius 2 is 1.78 bits per heavy atom. The second-order valence-corrected chi connectivity index (χ2v) is 7.09. The summed E-state index contributed by atoms with van der Waals surface area (Å²) in [6.07, 6.45) is 2.69. The lowest BCUT2D eigenvalue weighted by Gasteiger charge is -2.04. The molecule has 4 aromatic rings. The molecule has 0 amide bonds. The fourth-order valence-corrected chi connectivity index (χ4v) is 3.66. The van der Waals surface area contributed by atoms with Gasteiger partial charge in [-0.15, -0.1) is 0 Å². The second kappa shape index (κ2) is 7.13. The number of carboxylic acid groups (broad SMARTS) is 1. The third-order valence-electron chi connectivity index (χ3n) is 4.10. The molecule has 0 saturated heterocycles. The zero-order valence-corrected chi connectivity index (χ0v) is 14.9. The molecule has 0 aliphatic carbocycles. The molecule has 2 aromatic heterocycles. The lowest BCUT2D eigenvalue weighted by molar-refractivity contribution is -0.136. The van der Waals surface area contributed by atoms with Gasteiger partial charge in [0.25, 0.3) is 5.56 Å². The summed E-state index contributed by atoms with van der Waals surface area (Å²) in [5, 5.41) is 11.8. The molecule has 0 aliphatic heterocycles. The van der Waals surface area contributed by atoms with Crippen molar-refractivity contribution < 1.29 is 9.90 Å². The van der Waals surface area contributed by atoms with Gasteiger partial charge in [0.05, 0.1) is 6.42 Å². The smallest absolute Gasteiger partial charge is 0.308 e. The minimum absolute atomic E-state index is 0.142. The van der Waals surface area contributed by atoms with Crippen molar-refractivity contribution in [3.05, 3.63) is 82.9 Å². The predicted molar refractivity (Wildman–Crippen MR) is 103 cm³/mol. The standard InChI is InChI=1S/C20H15N3O3S/c24-18(25)10-14-11-21-19-17(12-22-23(19)20(14)26)13-6-8-16(9-7-13)27-15-4-2-1-3-5-15/h1-9,11-12,22H,10H2,(H,24,25). The van der Waals surface area contributed by atoms with Crippen LogP contribution in [0.25, 0.3) is 16.8 Å². The summed E-state index contributed by atoms with van der Waals surface area (Å²) in [6, 6.07) is 18.1. The SMILES string of the molecule is O=C(O)Cc1cnc2c(-c3ccc(Sc4ccccc4)cc3)c[nH]n2c1=O. The average molecular weight is 377 g/mol. The van der Waals surface area contributed by atoms with Crippen LogP contribution in [0.1, 0.15) is 5.56 Å². The van der Waals surface area contributed by atoms with Crippen LogP contribution in [-0.4, -0.2) is 25.7 Å². The first-order valence-corrected chi connectivity index (χ1v) is 9.06. The van der Waals surface area contributed by atoms with Gasteiger partial charge < -0.3 is 5.11 Å². The molecule has 134 valence electrons. The minimum atomic E-state index is -1.06.